The van der Waals surface area contributed by atoms with Gasteiger partial charge in [-0.3, -0.25) is 19.2 Å². The maximum absolute atomic E-state index is 13.5. The molecule has 8 rings (SSSR count). The second-order valence-electron chi connectivity index (χ2n) is 11.4. The largest absolute Gasteiger partial charge is 0.426 e. The zero-order valence-electron chi connectivity index (χ0n) is 21.5. The van der Waals surface area contributed by atoms with Crippen LogP contribution >= 0.6 is 0 Å². The summed E-state index contributed by atoms with van der Waals surface area (Å²) >= 11 is 0. The highest BCUT2D eigenvalue weighted by Crippen LogP contribution is 2.65. The number of allylic oxidation sites excluding steroid dienone is 2. The molecule has 7 heteroatoms. The van der Waals surface area contributed by atoms with Gasteiger partial charge in [0.25, 0.3) is 0 Å². The van der Waals surface area contributed by atoms with E-state index in [1.54, 1.807) is 23.1 Å². The minimum absolute atomic E-state index is 0.0898. The molecule has 2 saturated heterocycles. The number of rotatable bonds is 5. The SMILES string of the molecule is CCc1ccccc1N1C[C@H](C(=O)Oc2ccc(N3C(=O)[C@@H]4[C@H]5C=C[C@@H]([C@@H]6C[C@H]56)[C@H]4C3=O)c(C)c2)CC1=O. The molecular formula is C31H30N2O5. The predicted molar refractivity (Wildman–Crippen MR) is 140 cm³/mol. The molecule has 2 heterocycles. The van der Waals surface area contributed by atoms with Gasteiger partial charge >= 0.3 is 5.97 Å². The highest BCUT2D eigenvalue weighted by Gasteiger charge is 2.67. The highest BCUT2D eigenvalue weighted by atomic mass is 16.5. The summed E-state index contributed by atoms with van der Waals surface area (Å²) in [6.45, 7) is 4.14. The number of hydrogen-bond acceptors (Lipinski definition) is 5. The number of ether oxygens (including phenoxy) is 1. The van der Waals surface area contributed by atoms with E-state index in [2.05, 4.69) is 12.2 Å². The van der Waals surface area contributed by atoms with Crippen molar-refractivity contribution in [3.8, 4) is 5.75 Å². The molecule has 38 heavy (non-hydrogen) atoms. The van der Waals surface area contributed by atoms with Crippen molar-refractivity contribution in [2.75, 3.05) is 16.3 Å². The molecule has 2 aliphatic heterocycles. The van der Waals surface area contributed by atoms with E-state index < -0.39 is 11.9 Å². The fourth-order valence-corrected chi connectivity index (χ4v) is 7.51. The summed E-state index contributed by atoms with van der Waals surface area (Å²) in [5.41, 5.74) is 3.16. The number of para-hydroxylation sites is 1. The van der Waals surface area contributed by atoms with Crippen molar-refractivity contribution in [3.63, 3.8) is 0 Å². The van der Waals surface area contributed by atoms with E-state index in [0.717, 1.165) is 24.1 Å². The average Bonchev–Trinajstić information content (AvgIpc) is 3.60. The third kappa shape index (κ3) is 3.33. The smallest absolute Gasteiger partial charge is 0.316 e. The number of carbonyl (C=O) groups excluding carboxylic acids is 4. The average molecular weight is 511 g/mol. The standard InChI is InChI=1S/C31H30N2O5/c1-3-17-6-4-5-7-25(17)32-15-18(13-26(32)34)31(37)38-19-8-11-24(16(2)12-19)33-29(35)27-20-9-10-21(23-14-22(20)23)28(27)30(33)36/h4-12,18,20-23,27-28H,3,13-15H2,1-2H3/t18-,20+,21+,22-,23+,27-,28-/m1/s1. The van der Waals surface area contributed by atoms with E-state index in [1.807, 2.05) is 38.1 Å². The van der Waals surface area contributed by atoms with E-state index in [0.29, 0.717) is 28.8 Å². The summed E-state index contributed by atoms with van der Waals surface area (Å²) in [4.78, 5) is 55.7. The Labute approximate surface area is 221 Å². The normalized spacial score (nSPS) is 32.6. The van der Waals surface area contributed by atoms with Crippen molar-refractivity contribution in [2.24, 2.45) is 41.4 Å². The molecule has 6 aliphatic rings. The summed E-state index contributed by atoms with van der Waals surface area (Å²) in [5, 5.41) is 0. The van der Waals surface area contributed by atoms with E-state index in [-0.39, 0.29) is 54.4 Å². The lowest BCUT2D eigenvalue weighted by molar-refractivity contribution is -0.139. The number of imide groups is 1. The van der Waals surface area contributed by atoms with Gasteiger partial charge in [0.05, 0.1) is 23.4 Å². The number of amides is 3. The number of hydrogen-bond donors (Lipinski definition) is 0. The van der Waals surface area contributed by atoms with Crippen LogP contribution in [0.3, 0.4) is 0 Å². The summed E-state index contributed by atoms with van der Waals surface area (Å²) in [5.74, 6) is -0.00985. The monoisotopic (exact) mass is 510 g/mol. The van der Waals surface area contributed by atoms with Crippen molar-refractivity contribution >= 4 is 35.1 Å². The van der Waals surface area contributed by atoms with Gasteiger partial charge in [-0.2, -0.15) is 0 Å². The molecule has 2 aromatic rings. The van der Waals surface area contributed by atoms with Crippen LogP contribution in [-0.4, -0.2) is 30.2 Å². The van der Waals surface area contributed by atoms with Crippen LogP contribution in [0.1, 0.15) is 30.9 Å². The molecule has 7 nitrogen and oxygen atoms in total. The molecule has 3 amide bonds. The Morgan fingerprint density at radius 3 is 2.29 bits per heavy atom. The molecule has 2 aromatic carbocycles. The fraction of sp³-hybridized carbons (Fsp3) is 0.419. The zero-order valence-corrected chi connectivity index (χ0v) is 21.5. The van der Waals surface area contributed by atoms with Crippen LogP contribution in [0.5, 0.6) is 5.75 Å². The Balaban J connectivity index is 1.07. The van der Waals surface area contributed by atoms with E-state index in [9.17, 15) is 19.2 Å². The summed E-state index contributed by atoms with van der Waals surface area (Å²) in [6.07, 6.45) is 6.36. The topological polar surface area (TPSA) is 84.0 Å². The number of esters is 1. The van der Waals surface area contributed by atoms with Crippen molar-refractivity contribution in [1.29, 1.82) is 0 Å². The first-order valence-corrected chi connectivity index (χ1v) is 13.6. The first-order chi connectivity index (χ1) is 18.4. The minimum Gasteiger partial charge on any atom is -0.426 e. The van der Waals surface area contributed by atoms with Gasteiger partial charge in [-0.1, -0.05) is 37.3 Å². The van der Waals surface area contributed by atoms with Gasteiger partial charge in [0, 0.05) is 18.7 Å². The molecule has 4 aliphatic carbocycles. The van der Waals surface area contributed by atoms with E-state index in [4.69, 9.17) is 4.74 Å². The molecule has 194 valence electrons. The second-order valence-corrected chi connectivity index (χ2v) is 11.4. The summed E-state index contributed by atoms with van der Waals surface area (Å²) < 4.78 is 5.68. The first-order valence-electron chi connectivity index (χ1n) is 13.6. The molecule has 7 atom stereocenters. The lowest BCUT2D eigenvalue weighted by Gasteiger charge is -2.37. The molecular weight excluding hydrogens is 480 g/mol. The van der Waals surface area contributed by atoms with Gasteiger partial charge in [-0.15, -0.1) is 0 Å². The molecule has 0 radical (unpaired) electrons. The number of benzene rings is 2. The highest BCUT2D eigenvalue weighted by molar-refractivity contribution is 6.23. The zero-order chi connectivity index (χ0) is 26.3. The molecule has 0 spiro atoms. The maximum Gasteiger partial charge on any atom is 0.316 e. The molecule has 0 N–H and O–H groups in total. The van der Waals surface area contributed by atoms with Crippen molar-refractivity contribution < 1.29 is 23.9 Å². The quantitative estimate of drug-likeness (QED) is 0.262. The first kappa shape index (κ1) is 23.4. The molecule has 0 unspecified atom stereocenters. The van der Waals surface area contributed by atoms with Gasteiger partial charge in [0.15, 0.2) is 0 Å². The summed E-state index contributed by atoms with van der Waals surface area (Å²) in [6, 6.07) is 12.8. The van der Waals surface area contributed by atoms with Gasteiger partial charge in [0.2, 0.25) is 17.7 Å². The second kappa shape index (κ2) is 8.38. The van der Waals surface area contributed by atoms with Crippen molar-refractivity contribution in [2.45, 2.75) is 33.1 Å². The van der Waals surface area contributed by atoms with Crippen LogP contribution in [0.15, 0.2) is 54.6 Å². The van der Waals surface area contributed by atoms with Crippen LogP contribution < -0.4 is 14.5 Å². The Morgan fingerprint density at radius 2 is 1.63 bits per heavy atom. The van der Waals surface area contributed by atoms with Crippen LogP contribution in [0, 0.1) is 48.3 Å². The van der Waals surface area contributed by atoms with Crippen LogP contribution in [0.25, 0.3) is 0 Å². The van der Waals surface area contributed by atoms with E-state index in [1.165, 1.54) is 4.90 Å². The van der Waals surface area contributed by atoms with Crippen molar-refractivity contribution in [1.82, 2.24) is 0 Å². The number of carbonyl (C=O) groups is 4. The lowest BCUT2D eigenvalue weighted by atomic mass is 9.63. The minimum atomic E-state index is -0.563. The van der Waals surface area contributed by atoms with Gasteiger partial charge in [0.1, 0.15) is 5.75 Å². The fourth-order valence-electron chi connectivity index (χ4n) is 7.51. The molecule has 2 saturated carbocycles. The van der Waals surface area contributed by atoms with Crippen LogP contribution in [0.2, 0.25) is 0 Å². The Bertz CT molecular complexity index is 1390. The third-order valence-corrected chi connectivity index (χ3v) is 9.41. The Morgan fingerprint density at radius 1 is 0.947 bits per heavy atom. The molecule has 0 aromatic heterocycles. The van der Waals surface area contributed by atoms with Gasteiger partial charge in [-0.25, -0.2) is 4.90 Å². The predicted octanol–water partition coefficient (Wildman–Crippen LogP) is 4.07. The number of anilines is 2. The third-order valence-electron chi connectivity index (χ3n) is 9.41. The van der Waals surface area contributed by atoms with Crippen molar-refractivity contribution in [3.05, 3.63) is 65.7 Å². The van der Waals surface area contributed by atoms with E-state index >= 15 is 0 Å². The summed E-state index contributed by atoms with van der Waals surface area (Å²) in [7, 11) is 0. The Hall–Kier alpha value is -3.74. The number of nitrogens with zero attached hydrogens (tertiary/aromatic N) is 2. The van der Waals surface area contributed by atoms with Gasteiger partial charge < -0.3 is 9.64 Å². The maximum atomic E-state index is 13.5. The Kier molecular flexibility index (Phi) is 5.16. The van der Waals surface area contributed by atoms with Crippen LogP contribution in [0.4, 0.5) is 11.4 Å². The van der Waals surface area contributed by atoms with Crippen LogP contribution in [-0.2, 0) is 25.6 Å². The molecule has 4 fully saturated rings. The lowest BCUT2D eigenvalue weighted by Crippen LogP contribution is -2.40. The van der Waals surface area contributed by atoms with Gasteiger partial charge in [-0.05, 0) is 78.8 Å². The molecule has 2 bridgehead atoms. The number of aryl methyl sites for hydroxylation is 2.